The molecule has 1 aliphatic carbocycles. The summed E-state index contributed by atoms with van der Waals surface area (Å²) >= 11 is 6.01. The third-order valence-electron chi connectivity index (χ3n) is 5.40. The summed E-state index contributed by atoms with van der Waals surface area (Å²) in [7, 11) is 0. The summed E-state index contributed by atoms with van der Waals surface area (Å²) < 4.78 is 20.7. The number of urea groups is 1. The van der Waals surface area contributed by atoms with Gasteiger partial charge in [0.05, 0.1) is 18.4 Å². The zero-order valence-electron chi connectivity index (χ0n) is 19.0. The van der Waals surface area contributed by atoms with E-state index in [1.165, 1.54) is 30.5 Å². The summed E-state index contributed by atoms with van der Waals surface area (Å²) in [4.78, 5) is 41.5. The smallest absolute Gasteiger partial charge is 0.331 e. The van der Waals surface area contributed by atoms with Crippen LogP contribution in [0, 0.1) is 5.82 Å². The number of carbonyl (C=O) groups excluding carboxylic acids is 3. The maximum absolute atomic E-state index is 14.3. The molecule has 0 spiro atoms. The van der Waals surface area contributed by atoms with Crippen LogP contribution < -0.4 is 21.7 Å². The van der Waals surface area contributed by atoms with Crippen molar-refractivity contribution in [1.29, 1.82) is 0 Å². The Morgan fingerprint density at radius 3 is 2.84 bits per heavy atom. The Morgan fingerprint density at radius 2 is 2.11 bits per heavy atom. The van der Waals surface area contributed by atoms with Crippen molar-refractivity contribution in [2.45, 2.75) is 18.9 Å². The van der Waals surface area contributed by atoms with Gasteiger partial charge in [0, 0.05) is 22.7 Å². The molecule has 15 heteroatoms. The van der Waals surface area contributed by atoms with Gasteiger partial charge in [-0.3, -0.25) is 9.59 Å². The summed E-state index contributed by atoms with van der Waals surface area (Å²) in [6, 6.07) is 5.33. The first-order valence-corrected chi connectivity index (χ1v) is 11.3. The van der Waals surface area contributed by atoms with Crippen molar-refractivity contribution in [2.24, 2.45) is 5.73 Å². The van der Waals surface area contributed by atoms with E-state index in [0.717, 1.165) is 17.7 Å². The van der Waals surface area contributed by atoms with E-state index >= 15 is 0 Å². The van der Waals surface area contributed by atoms with Gasteiger partial charge in [-0.25, -0.2) is 19.1 Å². The molecule has 3 aromatic rings. The second-order valence-corrected chi connectivity index (χ2v) is 8.54. The molecule has 1 aromatic carbocycles. The molecule has 2 fully saturated rings. The Kier molecular flexibility index (Phi) is 7.47. The number of ether oxygens (including phenoxy) is 1. The van der Waals surface area contributed by atoms with Gasteiger partial charge in [0.15, 0.2) is 12.4 Å². The molecule has 1 aliphatic heterocycles. The molecule has 1 saturated carbocycles. The molecular formula is C22H21Cl2FN8O4. The molecule has 0 unspecified atom stereocenters. The van der Waals surface area contributed by atoms with Crippen LogP contribution in [-0.2, 0) is 14.3 Å². The summed E-state index contributed by atoms with van der Waals surface area (Å²) in [5.74, 6) is -1.05. The van der Waals surface area contributed by atoms with Crippen molar-refractivity contribution in [3.05, 3.63) is 52.6 Å². The molecule has 0 bridgehead atoms. The number of benzene rings is 1. The van der Waals surface area contributed by atoms with E-state index in [1.54, 1.807) is 10.6 Å². The van der Waals surface area contributed by atoms with Gasteiger partial charge in [-0.15, -0.1) is 12.4 Å². The van der Waals surface area contributed by atoms with Gasteiger partial charge < -0.3 is 26.4 Å². The number of hydrogen-bond donors (Lipinski definition) is 4. The number of hydrogen-bond acceptors (Lipinski definition) is 9. The first kappa shape index (κ1) is 26.1. The zero-order chi connectivity index (χ0) is 25.4. The third-order valence-corrected chi connectivity index (χ3v) is 5.64. The van der Waals surface area contributed by atoms with Crippen LogP contribution in [0.2, 0.25) is 5.02 Å². The van der Waals surface area contributed by atoms with Crippen LogP contribution >= 0.6 is 24.0 Å². The minimum Gasteiger partial charge on any atom is -0.443 e. The number of nitrogens with one attached hydrogen (secondary N) is 3. The second-order valence-electron chi connectivity index (χ2n) is 8.10. The van der Waals surface area contributed by atoms with E-state index in [0.29, 0.717) is 27.9 Å². The minimum absolute atomic E-state index is 0. The van der Waals surface area contributed by atoms with E-state index in [9.17, 15) is 18.8 Å². The molecular weight excluding hydrogens is 530 g/mol. The van der Waals surface area contributed by atoms with E-state index in [1.807, 2.05) is 0 Å². The summed E-state index contributed by atoms with van der Waals surface area (Å²) in [6.07, 6.45) is 4.89. The van der Waals surface area contributed by atoms with Crippen LogP contribution in [0.25, 0.3) is 11.7 Å². The van der Waals surface area contributed by atoms with Crippen LogP contribution in [0.3, 0.4) is 0 Å². The van der Waals surface area contributed by atoms with Crippen molar-refractivity contribution in [1.82, 2.24) is 24.8 Å². The average Bonchev–Trinajstić information content (AvgIpc) is 3.52. The number of imide groups is 1. The summed E-state index contributed by atoms with van der Waals surface area (Å²) in [6.45, 7) is -0.952. The predicted octanol–water partition coefficient (Wildman–Crippen LogP) is 2.61. The van der Waals surface area contributed by atoms with Gasteiger partial charge in [0.2, 0.25) is 0 Å². The fraction of sp³-hybridized carbons (Fsp3) is 0.227. The number of halogens is 3. The number of anilines is 3. The van der Waals surface area contributed by atoms with Crippen LogP contribution in [0.4, 0.5) is 26.5 Å². The number of rotatable bonds is 8. The fourth-order valence-electron chi connectivity index (χ4n) is 3.46. The van der Waals surface area contributed by atoms with E-state index < -0.39 is 30.5 Å². The van der Waals surface area contributed by atoms with Gasteiger partial charge in [0.1, 0.15) is 23.1 Å². The lowest BCUT2D eigenvalue weighted by atomic mass is 10.2. The third kappa shape index (κ3) is 5.58. The van der Waals surface area contributed by atoms with Crippen LogP contribution in [0.5, 0.6) is 0 Å². The van der Waals surface area contributed by atoms with Crippen molar-refractivity contribution in [3.8, 4) is 0 Å². The number of esters is 1. The SMILES string of the molecule is Cl.NCC(=O)OCN1C(=O)NC(=Cc2cnn3c(NC4CC4)cc(Nc4cc(Cl)ccc4F)nc23)C1=O. The monoisotopic (exact) mass is 550 g/mol. The molecule has 5 N–H and O–H groups in total. The quantitative estimate of drug-likeness (QED) is 0.188. The molecule has 2 aliphatic rings. The molecule has 37 heavy (non-hydrogen) atoms. The normalized spacial score (nSPS) is 16.1. The van der Waals surface area contributed by atoms with Crippen LogP contribution in [0.1, 0.15) is 18.4 Å². The minimum atomic E-state index is -0.758. The van der Waals surface area contributed by atoms with Crippen LogP contribution in [0.15, 0.2) is 36.2 Å². The molecule has 0 radical (unpaired) electrons. The molecule has 12 nitrogen and oxygen atoms in total. The van der Waals surface area contributed by atoms with E-state index in [4.69, 9.17) is 22.1 Å². The first-order valence-electron chi connectivity index (χ1n) is 10.9. The van der Waals surface area contributed by atoms with Gasteiger partial charge in [0.25, 0.3) is 5.91 Å². The Bertz CT molecular complexity index is 1430. The maximum Gasteiger partial charge on any atom is 0.331 e. The van der Waals surface area contributed by atoms with Crippen molar-refractivity contribution >= 4 is 71.0 Å². The Labute approximate surface area is 220 Å². The Balaban J connectivity index is 0.00000320. The van der Waals surface area contributed by atoms with Crippen molar-refractivity contribution in [3.63, 3.8) is 0 Å². The van der Waals surface area contributed by atoms with Gasteiger partial charge in [-0.05, 0) is 37.1 Å². The highest BCUT2D eigenvalue weighted by atomic mass is 35.5. The van der Waals surface area contributed by atoms with Crippen molar-refractivity contribution < 1.29 is 23.5 Å². The van der Waals surface area contributed by atoms with E-state index in [-0.39, 0.29) is 36.4 Å². The summed E-state index contributed by atoms with van der Waals surface area (Å²) in [5, 5.41) is 13.4. The van der Waals surface area contributed by atoms with Gasteiger partial charge >= 0.3 is 12.0 Å². The number of aromatic nitrogens is 3. The fourth-order valence-corrected chi connectivity index (χ4v) is 3.63. The highest BCUT2D eigenvalue weighted by Crippen LogP contribution is 2.30. The molecule has 2 aromatic heterocycles. The highest BCUT2D eigenvalue weighted by molar-refractivity contribution is 6.30. The number of nitrogens with two attached hydrogens (primary N) is 1. The molecule has 3 heterocycles. The van der Waals surface area contributed by atoms with Crippen LogP contribution in [-0.4, -0.2) is 56.7 Å². The Hall–Kier alpha value is -3.94. The van der Waals surface area contributed by atoms with E-state index in [2.05, 4.69) is 26.0 Å². The average molecular weight is 551 g/mol. The number of amides is 3. The first-order chi connectivity index (χ1) is 17.3. The predicted molar refractivity (Wildman–Crippen MR) is 135 cm³/mol. The molecule has 5 rings (SSSR count). The lowest BCUT2D eigenvalue weighted by molar-refractivity contribution is -0.147. The second kappa shape index (κ2) is 10.6. The number of fused-ring (bicyclic) bond motifs is 1. The number of carbonyl (C=O) groups is 3. The summed E-state index contributed by atoms with van der Waals surface area (Å²) in [5.41, 5.74) is 6.00. The molecule has 1 saturated heterocycles. The largest absolute Gasteiger partial charge is 0.443 e. The Morgan fingerprint density at radius 1 is 1.32 bits per heavy atom. The highest BCUT2D eigenvalue weighted by Gasteiger charge is 2.34. The lowest BCUT2D eigenvalue weighted by Gasteiger charge is -2.12. The molecule has 194 valence electrons. The topological polar surface area (TPSA) is 156 Å². The maximum atomic E-state index is 14.3. The molecule has 3 amide bonds. The van der Waals surface area contributed by atoms with Gasteiger partial charge in [-0.1, -0.05) is 11.6 Å². The van der Waals surface area contributed by atoms with Crippen molar-refractivity contribution in [2.75, 3.05) is 23.9 Å². The standard InChI is InChI=1S/C22H20ClFN8O4.ClH/c23-12-1-4-14(24)15(6-12)28-17-7-18(27-13-2-3-13)32-20(30-17)11(9-26-32)5-16-21(34)31(22(35)29-16)10-36-19(33)8-25;/h1,4-7,9,13,27H,2-3,8,10,25H2,(H,28,30)(H,29,35);1H. The zero-order valence-corrected chi connectivity index (χ0v) is 20.6. The molecule has 0 atom stereocenters. The van der Waals surface area contributed by atoms with Gasteiger partial charge in [-0.2, -0.15) is 9.61 Å². The number of nitrogens with zero attached hydrogens (tertiary/aromatic N) is 4. The lowest BCUT2D eigenvalue weighted by Crippen LogP contribution is -2.35.